The summed E-state index contributed by atoms with van der Waals surface area (Å²) in [6.07, 6.45) is 2.55. The second-order valence-electron chi connectivity index (χ2n) is 5.79. The van der Waals surface area contributed by atoms with E-state index in [4.69, 9.17) is 11.6 Å². The predicted octanol–water partition coefficient (Wildman–Crippen LogP) is 4.62. The molecule has 0 aliphatic carbocycles. The molecule has 25 heavy (non-hydrogen) atoms. The van der Waals surface area contributed by atoms with Gasteiger partial charge < -0.3 is 4.90 Å². The highest BCUT2D eigenvalue weighted by atomic mass is 35.5. The van der Waals surface area contributed by atoms with Crippen molar-refractivity contribution in [3.05, 3.63) is 101 Å². The highest BCUT2D eigenvalue weighted by Crippen LogP contribution is 2.14. The summed E-state index contributed by atoms with van der Waals surface area (Å²) >= 11 is 5.93. The standard InChI is InChI=1S/C21H19ClN2O/c22-19-11-9-18(10-12-19)21(25)24(16-20-8-4-5-14-23-20)15-13-17-6-2-1-3-7-17/h1-12,14H,13,15-16H2. The first-order valence-electron chi connectivity index (χ1n) is 8.21. The Hall–Kier alpha value is -2.65. The number of amides is 1. The minimum atomic E-state index is -0.0155. The fraction of sp³-hybridized carbons (Fsp3) is 0.143. The van der Waals surface area contributed by atoms with Crippen LogP contribution in [0.25, 0.3) is 0 Å². The average Bonchev–Trinajstić information content (AvgIpc) is 2.67. The van der Waals surface area contributed by atoms with Crippen molar-refractivity contribution in [2.24, 2.45) is 0 Å². The summed E-state index contributed by atoms with van der Waals surface area (Å²) in [6.45, 7) is 1.11. The zero-order chi connectivity index (χ0) is 17.5. The van der Waals surface area contributed by atoms with Crippen molar-refractivity contribution < 1.29 is 4.79 Å². The van der Waals surface area contributed by atoms with Crippen molar-refractivity contribution in [3.63, 3.8) is 0 Å². The van der Waals surface area contributed by atoms with Gasteiger partial charge in [-0.1, -0.05) is 48.0 Å². The van der Waals surface area contributed by atoms with Crippen LogP contribution >= 0.6 is 11.6 Å². The highest BCUT2D eigenvalue weighted by Gasteiger charge is 2.16. The van der Waals surface area contributed by atoms with Crippen LogP contribution in [0.15, 0.2) is 79.0 Å². The third kappa shape index (κ3) is 4.91. The van der Waals surface area contributed by atoms with E-state index in [1.807, 2.05) is 41.3 Å². The molecule has 0 atom stereocenters. The lowest BCUT2D eigenvalue weighted by Crippen LogP contribution is -2.32. The molecule has 4 heteroatoms. The molecule has 0 saturated heterocycles. The van der Waals surface area contributed by atoms with Crippen LogP contribution in [-0.4, -0.2) is 22.3 Å². The molecule has 0 radical (unpaired) electrons. The maximum Gasteiger partial charge on any atom is 0.254 e. The van der Waals surface area contributed by atoms with E-state index in [0.29, 0.717) is 23.7 Å². The molecule has 2 aromatic carbocycles. The maximum absolute atomic E-state index is 12.9. The Labute approximate surface area is 152 Å². The van der Waals surface area contributed by atoms with Crippen molar-refractivity contribution in [1.82, 2.24) is 9.88 Å². The topological polar surface area (TPSA) is 33.2 Å². The van der Waals surface area contributed by atoms with Crippen molar-refractivity contribution in [2.75, 3.05) is 6.54 Å². The molecule has 3 aromatic rings. The van der Waals surface area contributed by atoms with Gasteiger partial charge in [-0.25, -0.2) is 0 Å². The average molecular weight is 351 g/mol. The fourth-order valence-corrected chi connectivity index (χ4v) is 2.75. The first-order chi connectivity index (χ1) is 12.2. The van der Waals surface area contributed by atoms with Crippen molar-refractivity contribution in [3.8, 4) is 0 Å². The van der Waals surface area contributed by atoms with Gasteiger partial charge in [0.15, 0.2) is 0 Å². The molecule has 0 N–H and O–H groups in total. The van der Waals surface area contributed by atoms with E-state index in [2.05, 4.69) is 17.1 Å². The Morgan fingerprint density at radius 1 is 0.920 bits per heavy atom. The van der Waals surface area contributed by atoms with Gasteiger partial charge in [0, 0.05) is 23.3 Å². The predicted molar refractivity (Wildman–Crippen MR) is 101 cm³/mol. The second kappa shape index (κ2) is 8.45. The Kier molecular flexibility index (Phi) is 5.81. The third-order valence-corrected chi connectivity index (χ3v) is 4.22. The van der Waals surface area contributed by atoms with E-state index in [0.717, 1.165) is 12.1 Å². The number of carbonyl (C=O) groups is 1. The van der Waals surface area contributed by atoms with Crippen LogP contribution in [0, 0.1) is 0 Å². The molecule has 0 aliphatic heterocycles. The molecule has 126 valence electrons. The fourth-order valence-electron chi connectivity index (χ4n) is 2.62. The van der Waals surface area contributed by atoms with Crippen molar-refractivity contribution in [2.45, 2.75) is 13.0 Å². The SMILES string of the molecule is O=C(c1ccc(Cl)cc1)N(CCc1ccccc1)Cc1ccccn1. The highest BCUT2D eigenvalue weighted by molar-refractivity contribution is 6.30. The van der Waals surface area contributed by atoms with Crippen molar-refractivity contribution in [1.29, 1.82) is 0 Å². The van der Waals surface area contributed by atoms with Crippen molar-refractivity contribution >= 4 is 17.5 Å². The van der Waals surface area contributed by atoms with Crippen LogP contribution in [0.1, 0.15) is 21.6 Å². The molecule has 0 saturated carbocycles. The number of carbonyl (C=O) groups excluding carboxylic acids is 1. The smallest absolute Gasteiger partial charge is 0.254 e. The van der Waals surface area contributed by atoms with Crippen LogP contribution in [0.5, 0.6) is 0 Å². The number of hydrogen-bond donors (Lipinski definition) is 0. The quantitative estimate of drug-likeness (QED) is 0.650. The summed E-state index contributed by atoms with van der Waals surface area (Å²) in [5, 5.41) is 0.622. The van der Waals surface area contributed by atoms with Gasteiger partial charge in [-0.2, -0.15) is 0 Å². The minimum absolute atomic E-state index is 0.0155. The zero-order valence-electron chi connectivity index (χ0n) is 13.8. The van der Waals surface area contributed by atoms with E-state index in [1.54, 1.807) is 30.5 Å². The molecule has 0 aliphatic rings. The maximum atomic E-state index is 12.9. The van der Waals surface area contributed by atoms with Gasteiger partial charge in [-0.15, -0.1) is 0 Å². The van der Waals surface area contributed by atoms with E-state index < -0.39 is 0 Å². The van der Waals surface area contributed by atoms with Gasteiger partial charge >= 0.3 is 0 Å². The summed E-state index contributed by atoms with van der Waals surface area (Å²) in [7, 11) is 0. The summed E-state index contributed by atoms with van der Waals surface area (Å²) in [5.74, 6) is -0.0155. The van der Waals surface area contributed by atoms with Gasteiger partial charge in [0.1, 0.15) is 0 Å². The van der Waals surface area contributed by atoms with E-state index in [9.17, 15) is 4.79 Å². The van der Waals surface area contributed by atoms with Crippen LogP contribution in [0.4, 0.5) is 0 Å². The molecular formula is C21H19ClN2O. The van der Waals surface area contributed by atoms with Gasteiger partial charge in [0.05, 0.1) is 12.2 Å². The first kappa shape index (κ1) is 17.2. The number of nitrogens with zero attached hydrogens (tertiary/aromatic N) is 2. The summed E-state index contributed by atoms with van der Waals surface area (Å²) in [5.41, 5.74) is 2.71. The molecular weight excluding hydrogens is 332 g/mol. The van der Waals surface area contributed by atoms with Gasteiger partial charge in [-0.3, -0.25) is 9.78 Å². The van der Waals surface area contributed by atoms with Gasteiger partial charge in [-0.05, 0) is 48.4 Å². The Bertz CT molecular complexity index is 804. The lowest BCUT2D eigenvalue weighted by Gasteiger charge is -2.22. The van der Waals surface area contributed by atoms with Gasteiger partial charge in [0.2, 0.25) is 0 Å². The number of rotatable bonds is 6. The Morgan fingerprint density at radius 2 is 1.64 bits per heavy atom. The molecule has 0 bridgehead atoms. The number of hydrogen-bond acceptors (Lipinski definition) is 2. The van der Waals surface area contributed by atoms with E-state index in [-0.39, 0.29) is 5.91 Å². The molecule has 1 aromatic heterocycles. The second-order valence-corrected chi connectivity index (χ2v) is 6.23. The number of pyridine rings is 1. The van der Waals surface area contributed by atoms with Gasteiger partial charge in [0.25, 0.3) is 5.91 Å². The summed E-state index contributed by atoms with van der Waals surface area (Å²) in [4.78, 5) is 19.1. The van der Waals surface area contributed by atoms with Crippen LogP contribution in [-0.2, 0) is 13.0 Å². The summed E-state index contributed by atoms with van der Waals surface area (Å²) in [6, 6.07) is 22.9. The molecule has 1 amide bonds. The van der Waals surface area contributed by atoms with Crippen LogP contribution in [0.2, 0.25) is 5.02 Å². The van der Waals surface area contributed by atoms with E-state index in [1.165, 1.54) is 5.56 Å². The lowest BCUT2D eigenvalue weighted by atomic mass is 10.1. The Balaban J connectivity index is 1.77. The van der Waals surface area contributed by atoms with E-state index >= 15 is 0 Å². The Morgan fingerprint density at radius 3 is 2.32 bits per heavy atom. The molecule has 0 unspecified atom stereocenters. The van der Waals surface area contributed by atoms with Crippen LogP contribution in [0.3, 0.4) is 0 Å². The summed E-state index contributed by atoms with van der Waals surface area (Å²) < 4.78 is 0. The van der Waals surface area contributed by atoms with Crippen LogP contribution < -0.4 is 0 Å². The number of halogens is 1. The molecule has 3 rings (SSSR count). The number of aromatic nitrogens is 1. The minimum Gasteiger partial charge on any atom is -0.332 e. The monoisotopic (exact) mass is 350 g/mol. The normalized spacial score (nSPS) is 10.4. The molecule has 0 fully saturated rings. The molecule has 0 spiro atoms. The first-order valence-corrected chi connectivity index (χ1v) is 8.59. The zero-order valence-corrected chi connectivity index (χ0v) is 14.6. The molecule has 1 heterocycles. The third-order valence-electron chi connectivity index (χ3n) is 3.97. The molecule has 3 nitrogen and oxygen atoms in total. The lowest BCUT2D eigenvalue weighted by molar-refractivity contribution is 0.0743. The largest absolute Gasteiger partial charge is 0.332 e. The number of benzene rings is 2.